The molecule has 0 atom stereocenters. The van der Waals surface area contributed by atoms with Crippen LogP contribution < -0.4 is 15.4 Å². The topological polar surface area (TPSA) is 84.8 Å². The molecule has 34 heavy (non-hydrogen) atoms. The van der Waals surface area contributed by atoms with Gasteiger partial charge in [0.25, 0.3) is 0 Å². The zero-order valence-electron chi connectivity index (χ0n) is 19.3. The lowest BCUT2D eigenvalue weighted by Gasteiger charge is -2.17. The van der Waals surface area contributed by atoms with Gasteiger partial charge in [0, 0.05) is 22.6 Å². The molecule has 1 fully saturated rings. The number of nitrogens with one attached hydrogen (secondary N) is 2. The molecule has 2 N–H and O–H groups in total. The third-order valence-electron chi connectivity index (χ3n) is 5.82. The predicted octanol–water partition coefficient (Wildman–Crippen LogP) is 4.92. The second kappa shape index (κ2) is 9.86. The summed E-state index contributed by atoms with van der Waals surface area (Å²) in [5.74, 6) is 10.1. The second-order valence-corrected chi connectivity index (χ2v) is 8.42. The van der Waals surface area contributed by atoms with Gasteiger partial charge in [-0.3, -0.25) is 0 Å². The maximum absolute atomic E-state index is 5.93. The highest BCUT2D eigenvalue weighted by Crippen LogP contribution is 2.29. The molecule has 0 unspecified atom stereocenters. The van der Waals surface area contributed by atoms with E-state index >= 15 is 0 Å². The fourth-order valence-corrected chi connectivity index (χ4v) is 3.92. The summed E-state index contributed by atoms with van der Waals surface area (Å²) >= 11 is 0. The van der Waals surface area contributed by atoms with E-state index in [4.69, 9.17) is 4.74 Å². The van der Waals surface area contributed by atoms with Gasteiger partial charge in [-0.1, -0.05) is 11.8 Å². The first-order valence-electron chi connectivity index (χ1n) is 11.5. The van der Waals surface area contributed by atoms with E-state index in [-0.39, 0.29) is 0 Å². The van der Waals surface area contributed by atoms with Crippen molar-refractivity contribution in [3.63, 3.8) is 0 Å². The molecule has 0 spiro atoms. The van der Waals surface area contributed by atoms with Crippen molar-refractivity contribution in [3.05, 3.63) is 72.1 Å². The number of hydrogen-bond donors (Lipinski definition) is 2. The van der Waals surface area contributed by atoms with Crippen LogP contribution in [0.5, 0.6) is 11.5 Å². The number of fused-ring (bicyclic) bond motifs is 1. The number of hydrogen-bond acceptors (Lipinski definition) is 7. The number of ether oxygens (including phenoxy) is 1. The summed E-state index contributed by atoms with van der Waals surface area (Å²) in [5.41, 5.74) is 3.75. The molecule has 0 aliphatic carbocycles. The number of aryl methyl sites for hydroxylation is 2. The van der Waals surface area contributed by atoms with Crippen molar-refractivity contribution in [2.45, 2.75) is 26.7 Å². The first kappa shape index (κ1) is 21.8. The van der Waals surface area contributed by atoms with Crippen LogP contribution in [0.4, 0.5) is 11.5 Å². The van der Waals surface area contributed by atoms with Crippen molar-refractivity contribution in [3.8, 4) is 23.3 Å². The van der Waals surface area contributed by atoms with Crippen LogP contribution >= 0.6 is 0 Å². The van der Waals surface area contributed by atoms with Crippen molar-refractivity contribution >= 4 is 22.4 Å². The highest BCUT2D eigenvalue weighted by molar-refractivity contribution is 5.91. The highest BCUT2D eigenvalue weighted by Gasteiger charge is 2.10. The Morgan fingerprint density at radius 1 is 0.971 bits per heavy atom. The lowest BCUT2D eigenvalue weighted by Crippen LogP contribution is -2.26. The van der Waals surface area contributed by atoms with Gasteiger partial charge in [-0.2, -0.15) is 0 Å². The quantitative estimate of drug-likeness (QED) is 0.427. The molecule has 0 bridgehead atoms. The lowest BCUT2D eigenvalue weighted by molar-refractivity contribution is 0.447. The second-order valence-electron chi connectivity index (χ2n) is 8.42. The number of anilines is 2. The summed E-state index contributed by atoms with van der Waals surface area (Å²) in [4.78, 5) is 17.3. The fourth-order valence-electron chi connectivity index (χ4n) is 3.92. The van der Waals surface area contributed by atoms with E-state index in [2.05, 4.69) is 48.5 Å². The van der Waals surface area contributed by atoms with Crippen molar-refractivity contribution < 1.29 is 4.74 Å². The maximum atomic E-state index is 5.93. The molecule has 4 aromatic rings. The summed E-state index contributed by atoms with van der Waals surface area (Å²) in [5, 5.41) is 7.75. The Morgan fingerprint density at radius 3 is 2.59 bits per heavy atom. The van der Waals surface area contributed by atoms with E-state index in [1.54, 1.807) is 18.7 Å². The van der Waals surface area contributed by atoms with Crippen LogP contribution in [0.15, 0.2) is 55.1 Å². The molecule has 0 amide bonds. The average molecular weight is 451 g/mol. The van der Waals surface area contributed by atoms with Gasteiger partial charge >= 0.3 is 0 Å². The SMILES string of the molecule is Cc1ncc(Oc2ccc(Nc3ncnc4ccc(C#CC5CCNCC5)cc34)cc2C)cn1. The van der Waals surface area contributed by atoms with E-state index in [9.17, 15) is 0 Å². The largest absolute Gasteiger partial charge is 0.454 e. The molecule has 0 radical (unpaired) electrons. The standard InChI is InChI=1S/C27H26N6O/c1-18-13-22(6-8-26(18)34-23-15-29-19(2)30-16-23)33-27-24-14-21(5-7-25(24)31-17-32-27)4-3-20-9-11-28-12-10-20/h5-8,13-17,20,28H,9-12H2,1-2H3,(H,31,32,33). The summed E-state index contributed by atoms with van der Waals surface area (Å²) in [7, 11) is 0. The zero-order valence-corrected chi connectivity index (χ0v) is 19.3. The Balaban J connectivity index is 1.37. The van der Waals surface area contributed by atoms with E-state index in [1.807, 2.05) is 44.2 Å². The van der Waals surface area contributed by atoms with Gasteiger partial charge in [-0.25, -0.2) is 19.9 Å². The van der Waals surface area contributed by atoms with Gasteiger partial charge < -0.3 is 15.4 Å². The zero-order chi connectivity index (χ0) is 23.3. The third-order valence-corrected chi connectivity index (χ3v) is 5.82. The van der Waals surface area contributed by atoms with Gasteiger partial charge in [0.2, 0.25) is 0 Å². The van der Waals surface area contributed by atoms with Crippen LogP contribution in [0.2, 0.25) is 0 Å². The lowest BCUT2D eigenvalue weighted by atomic mass is 9.98. The Labute approximate surface area is 199 Å². The van der Waals surface area contributed by atoms with Crippen molar-refractivity contribution in [1.29, 1.82) is 0 Å². The van der Waals surface area contributed by atoms with Gasteiger partial charge in [-0.05, 0) is 81.7 Å². The summed E-state index contributed by atoms with van der Waals surface area (Å²) in [6.45, 7) is 5.93. The maximum Gasteiger partial charge on any atom is 0.164 e. The fraction of sp³-hybridized carbons (Fsp3) is 0.259. The van der Waals surface area contributed by atoms with Crippen LogP contribution in [0.3, 0.4) is 0 Å². The van der Waals surface area contributed by atoms with Gasteiger partial charge in [0.15, 0.2) is 5.75 Å². The first-order valence-corrected chi connectivity index (χ1v) is 11.5. The Hall–Kier alpha value is -4.02. The van der Waals surface area contributed by atoms with Crippen LogP contribution in [0, 0.1) is 31.6 Å². The van der Waals surface area contributed by atoms with Gasteiger partial charge in [-0.15, -0.1) is 0 Å². The first-order chi connectivity index (χ1) is 16.6. The van der Waals surface area contributed by atoms with E-state index in [1.165, 1.54) is 0 Å². The number of aromatic nitrogens is 4. The number of piperidine rings is 1. The van der Waals surface area contributed by atoms with E-state index < -0.39 is 0 Å². The summed E-state index contributed by atoms with van der Waals surface area (Å²) in [6, 6.07) is 12.0. The number of rotatable bonds is 4. The molecule has 170 valence electrons. The van der Waals surface area contributed by atoms with Gasteiger partial charge in [0.05, 0.1) is 17.9 Å². The van der Waals surface area contributed by atoms with Crippen molar-refractivity contribution in [1.82, 2.24) is 25.3 Å². The Kier molecular flexibility index (Phi) is 6.32. The molecule has 7 heteroatoms. The third kappa shape index (κ3) is 5.13. The summed E-state index contributed by atoms with van der Waals surface area (Å²) < 4.78 is 5.93. The molecular formula is C27H26N6O. The molecule has 7 nitrogen and oxygen atoms in total. The van der Waals surface area contributed by atoms with Crippen LogP contribution in [-0.4, -0.2) is 33.0 Å². The minimum absolute atomic E-state index is 0.455. The molecule has 2 aromatic heterocycles. The Morgan fingerprint density at radius 2 is 1.79 bits per heavy atom. The number of nitrogens with zero attached hydrogens (tertiary/aromatic N) is 4. The van der Waals surface area contributed by atoms with Crippen LogP contribution in [0.25, 0.3) is 10.9 Å². The molecule has 0 saturated carbocycles. The smallest absolute Gasteiger partial charge is 0.164 e. The molecular weight excluding hydrogens is 424 g/mol. The van der Waals surface area contributed by atoms with E-state index in [0.717, 1.165) is 65.2 Å². The monoisotopic (exact) mass is 450 g/mol. The normalized spacial score (nSPS) is 13.8. The van der Waals surface area contributed by atoms with Crippen LogP contribution in [-0.2, 0) is 0 Å². The van der Waals surface area contributed by atoms with Crippen LogP contribution in [0.1, 0.15) is 29.8 Å². The van der Waals surface area contributed by atoms with E-state index in [0.29, 0.717) is 17.5 Å². The number of benzene rings is 2. The summed E-state index contributed by atoms with van der Waals surface area (Å²) in [6.07, 6.45) is 7.13. The minimum Gasteiger partial charge on any atom is -0.454 e. The average Bonchev–Trinajstić information content (AvgIpc) is 2.86. The minimum atomic E-state index is 0.455. The predicted molar refractivity (Wildman–Crippen MR) is 133 cm³/mol. The molecule has 1 aliphatic rings. The molecule has 2 aromatic carbocycles. The van der Waals surface area contributed by atoms with Crippen molar-refractivity contribution in [2.24, 2.45) is 5.92 Å². The Bertz CT molecular complexity index is 1370. The van der Waals surface area contributed by atoms with Crippen molar-refractivity contribution in [2.75, 3.05) is 18.4 Å². The van der Waals surface area contributed by atoms with Gasteiger partial charge in [0.1, 0.15) is 23.7 Å². The molecule has 3 heterocycles. The molecule has 5 rings (SSSR count). The molecule has 1 aliphatic heterocycles. The molecule has 1 saturated heterocycles. The highest BCUT2D eigenvalue weighted by atomic mass is 16.5.